The van der Waals surface area contributed by atoms with Gasteiger partial charge in [0.25, 0.3) is 0 Å². The van der Waals surface area contributed by atoms with Gasteiger partial charge in [-0.1, -0.05) is 86.9 Å². The standard InChI is InChI=1S/C14H10Br2ClNO.C14H9Br2ClO2.CH5N/c2*15-9-2-4-12(17)8(5-9)6-13(18)11-3-1-10(16)7-14(11)19;1-2/h1-5,7,18-19H,6H2;1-5,7,19H,6H2;2H2,1H3. The Morgan fingerprint density at radius 3 is 1.50 bits per heavy atom. The molecule has 5 nitrogen and oxygen atoms in total. The number of ketones is 1. The van der Waals surface area contributed by atoms with E-state index < -0.39 is 0 Å². The van der Waals surface area contributed by atoms with Crippen molar-refractivity contribution in [3.05, 3.63) is 123 Å². The number of nitrogens with one attached hydrogen (secondary N) is 1. The number of Topliss-reactive ketones (excluding diaryl/α,β-unsaturated/α-hetero) is 1. The van der Waals surface area contributed by atoms with E-state index in [2.05, 4.69) is 69.5 Å². The Kier molecular flexibility index (Phi) is 14.4. The molecule has 0 atom stereocenters. The lowest BCUT2D eigenvalue weighted by molar-refractivity contribution is 0.0990. The molecule has 5 N–H and O–H groups in total. The second-order valence-electron chi connectivity index (χ2n) is 8.05. The number of rotatable bonds is 6. The van der Waals surface area contributed by atoms with E-state index in [9.17, 15) is 15.0 Å². The summed E-state index contributed by atoms with van der Waals surface area (Å²) in [4.78, 5) is 12.2. The number of carbonyl (C=O) groups is 1. The summed E-state index contributed by atoms with van der Waals surface area (Å²) >= 11 is 25.4. The monoisotopic (exact) mass is 834 g/mol. The number of phenolic OH excluding ortho intramolecular Hbond substituents is 2. The molecule has 0 bridgehead atoms. The van der Waals surface area contributed by atoms with Crippen LogP contribution in [0.5, 0.6) is 11.5 Å². The van der Waals surface area contributed by atoms with Gasteiger partial charge in [0.15, 0.2) is 5.78 Å². The van der Waals surface area contributed by atoms with E-state index in [1.165, 1.54) is 13.1 Å². The minimum atomic E-state index is -0.176. The van der Waals surface area contributed by atoms with Gasteiger partial charge in [-0.3, -0.25) is 4.79 Å². The molecule has 210 valence electrons. The highest BCUT2D eigenvalue weighted by atomic mass is 79.9. The SMILES string of the molecule is CN.N=C(Cc1cc(Br)ccc1Cl)c1ccc(Br)cc1O.O=C(Cc1cc(Br)ccc1Cl)c1ccc(Br)cc1O. The van der Waals surface area contributed by atoms with Crippen LogP contribution in [0.25, 0.3) is 0 Å². The average molecular weight is 839 g/mol. The van der Waals surface area contributed by atoms with Gasteiger partial charge in [-0.25, -0.2) is 0 Å². The number of hydrogen-bond acceptors (Lipinski definition) is 5. The Balaban J connectivity index is 0.000000264. The first-order valence-corrected chi connectivity index (χ1v) is 15.4. The van der Waals surface area contributed by atoms with Crippen LogP contribution in [0, 0.1) is 5.41 Å². The van der Waals surface area contributed by atoms with Crippen LogP contribution < -0.4 is 5.73 Å². The molecule has 0 amide bonds. The second-order valence-corrected chi connectivity index (χ2v) is 12.5. The molecule has 4 aromatic rings. The maximum atomic E-state index is 12.2. The topological polar surface area (TPSA) is 107 Å². The van der Waals surface area contributed by atoms with E-state index in [1.54, 1.807) is 48.5 Å². The zero-order valence-corrected chi connectivity index (χ0v) is 28.8. The van der Waals surface area contributed by atoms with Gasteiger partial charge in [-0.15, -0.1) is 0 Å². The van der Waals surface area contributed by atoms with E-state index in [0.717, 1.165) is 29.0 Å². The van der Waals surface area contributed by atoms with E-state index in [1.807, 2.05) is 18.2 Å². The molecule has 0 aromatic heterocycles. The zero-order chi connectivity index (χ0) is 30.0. The van der Waals surface area contributed by atoms with Crippen molar-refractivity contribution in [3.8, 4) is 11.5 Å². The molecule has 0 saturated carbocycles. The average Bonchev–Trinajstić information content (AvgIpc) is 2.90. The fourth-order valence-electron chi connectivity index (χ4n) is 3.41. The molecule has 4 rings (SSSR count). The first-order valence-electron chi connectivity index (χ1n) is 11.5. The predicted octanol–water partition coefficient (Wildman–Crippen LogP) is 9.75. The van der Waals surface area contributed by atoms with Crippen molar-refractivity contribution in [1.82, 2.24) is 0 Å². The summed E-state index contributed by atoms with van der Waals surface area (Å²) in [5.41, 5.74) is 7.20. The molecule has 0 aliphatic rings. The third-order valence-electron chi connectivity index (χ3n) is 5.28. The van der Waals surface area contributed by atoms with Gasteiger partial charge in [0, 0.05) is 52.1 Å². The van der Waals surface area contributed by atoms with Crippen LogP contribution in [-0.4, -0.2) is 28.8 Å². The summed E-state index contributed by atoms with van der Waals surface area (Å²) < 4.78 is 3.28. The second kappa shape index (κ2) is 16.7. The van der Waals surface area contributed by atoms with Crippen LogP contribution in [0.3, 0.4) is 0 Å². The van der Waals surface area contributed by atoms with Gasteiger partial charge < -0.3 is 21.4 Å². The van der Waals surface area contributed by atoms with Gasteiger partial charge >= 0.3 is 0 Å². The Labute approximate surface area is 276 Å². The van der Waals surface area contributed by atoms with Crippen LogP contribution in [-0.2, 0) is 12.8 Å². The largest absolute Gasteiger partial charge is 0.507 e. The molecular weight excluding hydrogens is 815 g/mol. The highest BCUT2D eigenvalue weighted by molar-refractivity contribution is 9.11. The maximum absolute atomic E-state index is 12.2. The first kappa shape index (κ1) is 34.5. The minimum absolute atomic E-state index is 0.0366. The number of carbonyl (C=O) groups excluding carboxylic acids is 1. The van der Waals surface area contributed by atoms with Crippen molar-refractivity contribution < 1.29 is 15.0 Å². The number of nitrogens with two attached hydrogens (primary N) is 1. The van der Waals surface area contributed by atoms with Crippen molar-refractivity contribution >= 4 is 98.4 Å². The molecule has 11 heteroatoms. The van der Waals surface area contributed by atoms with E-state index in [4.69, 9.17) is 28.6 Å². The molecule has 0 fully saturated rings. The highest BCUT2D eigenvalue weighted by Crippen LogP contribution is 2.28. The summed E-state index contributed by atoms with van der Waals surface area (Å²) in [5, 5.41) is 28.9. The summed E-state index contributed by atoms with van der Waals surface area (Å²) in [7, 11) is 1.50. The van der Waals surface area contributed by atoms with Gasteiger partial charge in [0.2, 0.25) is 0 Å². The van der Waals surface area contributed by atoms with Crippen LogP contribution in [0.4, 0.5) is 0 Å². The molecule has 40 heavy (non-hydrogen) atoms. The summed E-state index contributed by atoms with van der Waals surface area (Å²) in [6.45, 7) is 0. The summed E-state index contributed by atoms with van der Waals surface area (Å²) in [6.07, 6.45) is 0.515. The third-order valence-corrected chi connectivity index (χ3v) is 7.99. The predicted molar refractivity (Wildman–Crippen MR) is 179 cm³/mol. The van der Waals surface area contributed by atoms with Crippen LogP contribution in [0.15, 0.2) is 90.7 Å². The molecule has 0 saturated heterocycles. The highest BCUT2D eigenvalue weighted by Gasteiger charge is 2.14. The summed E-state index contributed by atoms with van der Waals surface area (Å²) in [6, 6.07) is 20.8. The van der Waals surface area contributed by atoms with E-state index in [0.29, 0.717) is 33.3 Å². The van der Waals surface area contributed by atoms with Crippen molar-refractivity contribution in [2.24, 2.45) is 5.73 Å². The Bertz CT molecular complexity index is 1400. The molecule has 0 spiro atoms. The number of halogens is 6. The third kappa shape index (κ3) is 10.3. The number of aromatic hydroxyl groups is 2. The molecule has 0 aliphatic carbocycles. The molecule has 0 radical (unpaired) electrons. The Morgan fingerprint density at radius 2 is 1.05 bits per heavy atom. The zero-order valence-electron chi connectivity index (χ0n) is 21.0. The van der Waals surface area contributed by atoms with Crippen molar-refractivity contribution in [2.75, 3.05) is 7.05 Å². The Hall–Kier alpha value is -1.72. The number of benzene rings is 4. The lowest BCUT2D eigenvalue weighted by Crippen LogP contribution is -2.04. The quantitative estimate of drug-likeness (QED) is 0.115. The normalized spacial score (nSPS) is 10.1. The molecule has 0 unspecified atom stereocenters. The smallest absolute Gasteiger partial charge is 0.171 e. The molecule has 0 heterocycles. The number of phenols is 2. The fourth-order valence-corrected chi connectivity index (χ4v) is 5.30. The van der Waals surface area contributed by atoms with Crippen molar-refractivity contribution in [1.29, 1.82) is 5.41 Å². The van der Waals surface area contributed by atoms with E-state index in [-0.39, 0.29) is 23.7 Å². The lowest BCUT2D eigenvalue weighted by Gasteiger charge is -2.09. The van der Waals surface area contributed by atoms with Crippen molar-refractivity contribution in [3.63, 3.8) is 0 Å². The lowest BCUT2D eigenvalue weighted by atomic mass is 10.0. The van der Waals surface area contributed by atoms with Crippen molar-refractivity contribution in [2.45, 2.75) is 12.8 Å². The molecule has 0 aliphatic heterocycles. The van der Waals surface area contributed by atoms with Gasteiger partial charge in [-0.05, 0) is 91.0 Å². The molecule has 4 aromatic carbocycles. The maximum Gasteiger partial charge on any atom is 0.171 e. The van der Waals surface area contributed by atoms with Crippen LogP contribution >= 0.6 is 86.9 Å². The van der Waals surface area contributed by atoms with E-state index >= 15 is 0 Å². The van der Waals surface area contributed by atoms with Gasteiger partial charge in [-0.2, -0.15) is 0 Å². The van der Waals surface area contributed by atoms with Gasteiger partial charge in [0.05, 0.1) is 5.56 Å². The first-order chi connectivity index (χ1) is 18.9. The van der Waals surface area contributed by atoms with Gasteiger partial charge in [0.1, 0.15) is 11.5 Å². The minimum Gasteiger partial charge on any atom is -0.507 e. The van der Waals surface area contributed by atoms with Crippen LogP contribution in [0.2, 0.25) is 10.0 Å². The Morgan fingerprint density at radius 1 is 0.675 bits per heavy atom. The van der Waals surface area contributed by atoms with Crippen LogP contribution in [0.1, 0.15) is 27.0 Å². The number of hydrogen-bond donors (Lipinski definition) is 4. The molecular formula is C29H24Br4Cl2N2O3. The fraction of sp³-hybridized carbons (Fsp3) is 0.103. The summed E-state index contributed by atoms with van der Waals surface area (Å²) in [5.74, 6) is -0.124.